The SMILES string of the molecule is NNC(c1ccc(OC2CC2)cc1)C1CCCCS1. The molecule has 0 aromatic heterocycles. The first-order valence-corrected chi connectivity index (χ1v) is 8.26. The van der Waals surface area contributed by atoms with Crippen molar-refractivity contribution in [3.63, 3.8) is 0 Å². The van der Waals surface area contributed by atoms with Crippen LogP contribution in [0.1, 0.15) is 43.7 Å². The summed E-state index contributed by atoms with van der Waals surface area (Å²) in [7, 11) is 0. The van der Waals surface area contributed by atoms with Crippen molar-refractivity contribution in [1.29, 1.82) is 0 Å². The Morgan fingerprint density at radius 1 is 1.16 bits per heavy atom. The summed E-state index contributed by atoms with van der Waals surface area (Å²) >= 11 is 2.04. The van der Waals surface area contributed by atoms with Crippen LogP contribution in [0.4, 0.5) is 0 Å². The van der Waals surface area contributed by atoms with Gasteiger partial charge in [0.25, 0.3) is 0 Å². The molecule has 0 amide bonds. The van der Waals surface area contributed by atoms with E-state index in [1.54, 1.807) is 0 Å². The van der Waals surface area contributed by atoms with Crippen LogP contribution < -0.4 is 16.0 Å². The van der Waals surface area contributed by atoms with Crippen LogP contribution in [0, 0.1) is 0 Å². The number of nitrogens with one attached hydrogen (secondary N) is 1. The van der Waals surface area contributed by atoms with Gasteiger partial charge in [-0.1, -0.05) is 18.6 Å². The van der Waals surface area contributed by atoms with E-state index in [0.717, 1.165) is 5.75 Å². The Morgan fingerprint density at radius 3 is 2.53 bits per heavy atom. The van der Waals surface area contributed by atoms with Crippen molar-refractivity contribution in [1.82, 2.24) is 5.43 Å². The van der Waals surface area contributed by atoms with Gasteiger partial charge in [0, 0.05) is 5.25 Å². The monoisotopic (exact) mass is 278 g/mol. The summed E-state index contributed by atoms with van der Waals surface area (Å²) in [5.41, 5.74) is 4.27. The summed E-state index contributed by atoms with van der Waals surface area (Å²) in [5.74, 6) is 8.01. The van der Waals surface area contributed by atoms with E-state index in [9.17, 15) is 0 Å². The number of hydrogen-bond donors (Lipinski definition) is 2. The number of benzene rings is 1. The molecular formula is C15H22N2OS. The molecule has 2 fully saturated rings. The number of hydrogen-bond acceptors (Lipinski definition) is 4. The van der Waals surface area contributed by atoms with E-state index < -0.39 is 0 Å². The fourth-order valence-electron chi connectivity index (χ4n) is 2.58. The minimum Gasteiger partial charge on any atom is -0.490 e. The molecule has 19 heavy (non-hydrogen) atoms. The first-order chi connectivity index (χ1) is 9.36. The molecular weight excluding hydrogens is 256 g/mol. The molecule has 1 aromatic carbocycles. The average molecular weight is 278 g/mol. The highest BCUT2D eigenvalue weighted by Gasteiger charge is 2.26. The smallest absolute Gasteiger partial charge is 0.119 e. The Balaban J connectivity index is 1.67. The molecule has 3 N–H and O–H groups in total. The van der Waals surface area contributed by atoms with Crippen molar-refractivity contribution in [3.8, 4) is 5.75 Å². The fraction of sp³-hybridized carbons (Fsp3) is 0.600. The van der Waals surface area contributed by atoms with Gasteiger partial charge >= 0.3 is 0 Å². The second-order valence-corrected chi connectivity index (χ2v) is 6.78. The molecule has 1 saturated heterocycles. The highest BCUT2D eigenvalue weighted by molar-refractivity contribution is 8.00. The summed E-state index contributed by atoms with van der Waals surface area (Å²) < 4.78 is 5.78. The van der Waals surface area contributed by atoms with Crippen molar-refractivity contribution >= 4 is 11.8 Å². The minimum atomic E-state index is 0.250. The Kier molecular flexibility index (Phi) is 4.31. The van der Waals surface area contributed by atoms with Gasteiger partial charge in [-0.25, -0.2) is 0 Å². The van der Waals surface area contributed by atoms with E-state index in [2.05, 4.69) is 29.7 Å². The minimum absolute atomic E-state index is 0.250. The maximum Gasteiger partial charge on any atom is 0.119 e. The van der Waals surface area contributed by atoms with Crippen molar-refractivity contribution < 1.29 is 4.74 Å². The van der Waals surface area contributed by atoms with Gasteiger partial charge in [-0.3, -0.25) is 11.3 Å². The lowest BCUT2D eigenvalue weighted by Crippen LogP contribution is -2.36. The van der Waals surface area contributed by atoms with Crippen LogP contribution in [0.15, 0.2) is 24.3 Å². The van der Waals surface area contributed by atoms with Crippen LogP contribution in [0.2, 0.25) is 0 Å². The molecule has 0 radical (unpaired) electrons. The molecule has 1 aromatic rings. The van der Waals surface area contributed by atoms with Crippen molar-refractivity contribution in [2.45, 2.75) is 49.5 Å². The average Bonchev–Trinajstić information content (AvgIpc) is 3.27. The topological polar surface area (TPSA) is 47.3 Å². The van der Waals surface area contributed by atoms with Gasteiger partial charge < -0.3 is 4.74 Å². The molecule has 0 bridgehead atoms. The largest absolute Gasteiger partial charge is 0.490 e. The lowest BCUT2D eigenvalue weighted by atomic mass is 10.00. The van der Waals surface area contributed by atoms with Gasteiger partial charge in [0.2, 0.25) is 0 Å². The molecule has 1 aliphatic heterocycles. The Morgan fingerprint density at radius 2 is 1.95 bits per heavy atom. The van der Waals surface area contributed by atoms with Gasteiger partial charge in [-0.2, -0.15) is 11.8 Å². The second-order valence-electron chi connectivity index (χ2n) is 5.44. The molecule has 104 valence electrons. The lowest BCUT2D eigenvalue weighted by molar-refractivity contribution is 0.303. The number of ether oxygens (including phenoxy) is 1. The Hall–Kier alpha value is -0.710. The molecule has 2 unspecified atom stereocenters. The van der Waals surface area contributed by atoms with Gasteiger partial charge in [0.1, 0.15) is 5.75 Å². The van der Waals surface area contributed by atoms with Crippen LogP contribution in [0.25, 0.3) is 0 Å². The van der Waals surface area contributed by atoms with E-state index in [0.29, 0.717) is 11.4 Å². The number of nitrogens with two attached hydrogens (primary N) is 1. The maximum atomic E-state index is 5.78. The highest BCUT2D eigenvalue weighted by atomic mass is 32.2. The Labute approximate surface area is 119 Å². The molecule has 0 spiro atoms. The molecule has 1 aliphatic carbocycles. The third-order valence-corrected chi connectivity index (χ3v) is 5.29. The van der Waals surface area contributed by atoms with Crippen LogP contribution in [0.5, 0.6) is 5.75 Å². The van der Waals surface area contributed by atoms with E-state index in [1.165, 1.54) is 43.4 Å². The van der Waals surface area contributed by atoms with Gasteiger partial charge in [-0.15, -0.1) is 0 Å². The Bertz CT molecular complexity index is 399. The van der Waals surface area contributed by atoms with E-state index in [4.69, 9.17) is 10.6 Å². The normalized spacial score (nSPS) is 25.0. The first kappa shape index (κ1) is 13.3. The lowest BCUT2D eigenvalue weighted by Gasteiger charge is -2.29. The van der Waals surface area contributed by atoms with Crippen LogP contribution in [0.3, 0.4) is 0 Å². The van der Waals surface area contributed by atoms with Crippen LogP contribution in [-0.2, 0) is 0 Å². The zero-order valence-electron chi connectivity index (χ0n) is 11.2. The second kappa shape index (κ2) is 6.16. The predicted octanol–water partition coefficient (Wildman–Crippen LogP) is 3.02. The summed E-state index contributed by atoms with van der Waals surface area (Å²) in [4.78, 5) is 0. The number of hydrazine groups is 1. The highest BCUT2D eigenvalue weighted by Crippen LogP contribution is 2.35. The van der Waals surface area contributed by atoms with Crippen LogP contribution >= 0.6 is 11.8 Å². The quantitative estimate of drug-likeness (QED) is 0.642. The molecule has 2 atom stereocenters. The van der Waals surface area contributed by atoms with Crippen molar-refractivity contribution in [2.24, 2.45) is 5.84 Å². The molecule has 1 saturated carbocycles. The molecule has 3 rings (SSSR count). The fourth-order valence-corrected chi connectivity index (χ4v) is 4.01. The van der Waals surface area contributed by atoms with Crippen molar-refractivity contribution in [2.75, 3.05) is 5.75 Å². The third kappa shape index (κ3) is 3.44. The summed E-state index contributed by atoms with van der Waals surface area (Å²) in [6.45, 7) is 0. The molecule has 4 heteroatoms. The maximum absolute atomic E-state index is 5.78. The molecule has 3 nitrogen and oxygen atoms in total. The third-order valence-electron chi connectivity index (χ3n) is 3.83. The van der Waals surface area contributed by atoms with E-state index in [-0.39, 0.29) is 6.04 Å². The van der Waals surface area contributed by atoms with E-state index >= 15 is 0 Å². The first-order valence-electron chi connectivity index (χ1n) is 7.21. The zero-order valence-corrected chi connectivity index (χ0v) is 12.0. The van der Waals surface area contributed by atoms with E-state index in [1.807, 2.05) is 11.8 Å². The van der Waals surface area contributed by atoms with Crippen LogP contribution in [-0.4, -0.2) is 17.1 Å². The van der Waals surface area contributed by atoms with Gasteiger partial charge in [0.15, 0.2) is 0 Å². The number of rotatable bonds is 5. The molecule has 2 aliphatic rings. The zero-order chi connectivity index (χ0) is 13.1. The van der Waals surface area contributed by atoms with Gasteiger partial charge in [0.05, 0.1) is 12.1 Å². The summed E-state index contributed by atoms with van der Waals surface area (Å²) in [5, 5.41) is 0.592. The predicted molar refractivity (Wildman–Crippen MR) is 80.3 cm³/mol. The summed E-state index contributed by atoms with van der Waals surface area (Å²) in [6.07, 6.45) is 6.77. The van der Waals surface area contributed by atoms with Crippen molar-refractivity contribution in [3.05, 3.63) is 29.8 Å². The summed E-state index contributed by atoms with van der Waals surface area (Å²) in [6, 6.07) is 8.70. The number of thioether (sulfide) groups is 1. The standard InChI is InChI=1S/C15H22N2OS/c16-17-15(14-3-1-2-10-19-14)11-4-6-12(7-5-11)18-13-8-9-13/h4-7,13-15,17H,1-3,8-10,16H2. The van der Waals surface area contributed by atoms with Gasteiger partial charge in [-0.05, 0) is 49.1 Å². The molecule has 1 heterocycles.